The van der Waals surface area contributed by atoms with Gasteiger partial charge in [0, 0.05) is 17.1 Å². The van der Waals surface area contributed by atoms with Gasteiger partial charge in [0.25, 0.3) is 0 Å². The molecule has 0 heterocycles. The van der Waals surface area contributed by atoms with E-state index in [1.807, 2.05) is 20.8 Å². The number of rotatable bonds is 8. The predicted octanol–water partition coefficient (Wildman–Crippen LogP) is 4.74. The highest BCUT2D eigenvalue weighted by Gasteiger charge is 2.31. The van der Waals surface area contributed by atoms with Crippen LogP contribution in [-0.4, -0.2) is 49.5 Å². The van der Waals surface area contributed by atoms with Gasteiger partial charge < -0.3 is 10.2 Å². The second-order valence-electron chi connectivity index (χ2n) is 8.93. The molecule has 1 N–H and O–H groups in total. The van der Waals surface area contributed by atoms with E-state index in [9.17, 15) is 18.0 Å². The van der Waals surface area contributed by atoms with Gasteiger partial charge in [-0.3, -0.25) is 13.9 Å². The van der Waals surface area contributed by atoms with E-state index in [0.29, 0.717) is 20.6 Å². The Morgan fingerprint density at radius 2 is 1.59 bits per heavy atom. The van der Waals surface area contributed by atoms with Gasteiger partial charge in [0.05, 0.1) is 22.0 Å². The summed E-state index contributed by atoms with van der Waals surface area (Å²) in [6, 6.07) is 10.1. The summed E-state index contributed by atoms with van der Waals surface area (Å²) in [5.74, 6) is -0.943. The van der Waals surface area contributed by atoms with Crippen molar-refractivity contribution in [3.63, 3.8) is 0 Å². The van der Waals surface area contributed by atoms with Crippen LogP contribution in [0.2, 0.25) is 15.1 Å². The zero-order valence-electron chi connectivity index (χ0n) is 19.6. The molecule has 0 aromatic heterocycles. The van der Waals surface area contributed by atoms with Crippen LogP contribution in [0, 0.1) is 0 Å². The van der Waals surface area contributed by atoms with Gasteiger partial charge in [0.15, 0.2) is 0 Å². The van der Waals surface area contributed by atoms with Crippen LogP contribution >= 0.6 is 34.8 Å². The quantitative estimate of drug-likeness (QED) is 0.516. The standard InChI is InChI=1S/C23H28Cl3N3O4S/c1-15(22(31)27-23(2,3)4)28(13-16-6-11-19(25)20(26)12-16)21(30)14-29(34(5,32)33)18-9-7-17(24)8-10-18/h6-12,15H,13-14H2,1-5H3,(H,27,31)/t15-/m0/s1. The molecular formula is C23H28Cl3N3O4S. The third-order valence-corrected chi connectivity index (χ3v) is 6.93. The number of hydrogen-bond donors (Lipinski definition) is 1. The van der Waals surface area contributed by atoms with Gasteiger partial charge in [0.2, 0.25) is 21.8 Å². The van der Waals surface area contributed by atoms with Crippen LogP contribution in [0.4, 0.5) is 5.69 Å². The van der Waals surface area contributed by atoms with Crippen LogP contribution in [-0.2, 0) is 26.2 Å². The normalized spacial score (nSPS) is 12.7. The molecule has 0 bridgehead atoms. The van der Waals surface area contributed by atoms with E-state index in [-0.39, 0.29) is 18.1 Å². The topological polar surface area (TPSA) is 86.8 Å². The van der Waals surface area contributed by atoms with Crippen molar-refractivity contribution in [2.24, 2.45) is 0 Å². The van der Waals surface area contributed by atoms with E-state index in [4.69, 9.17) is 34.8 Å². The van der Waals surface area contributed by atoms with Crippen molar-refractivity contribution >= 4 is 62.3 Å². The molecule has 0 unspecified atom stereocenters. The number of amides is 2. The van der Waals surface area contributed by atoms with Crippen LogP contribution < -0.4 is 9.62 Å². The highest BCUT2D eigenvalue weighted by atomic mass is 35.5. The highest BCUT2D eigenvalue weighted by Crippen LogP contribution is 2.25. The molecular weight excluding hydrogens is 521 g/mol. The Hall–Kier alpha value is -2.00. The van der Waals surface area contributed by atoms with Gasteiger partial charge in [-0.05, 0) is 69.7 Å². The Labute approximate surface area is 216 Å². The van der Waals surface area contributed by atoms with Crippen molar-refractivity contribution in [1.29, 1.82) is 0 Å². The Kier molecular flexibility index (Phi) is 9.27. The lowest BCUT2D eigenvalue weighted by Crippen LogP contribution is -2.54. The molecule has 0 aliphatic rings. The summed E-state index contributed by atoms with van der Waals surface area (Å²) in [7, 11) is -3.82. The predicted molar refractivity (Wildman–Crippen MR) is 138 cm³/mol. The average Bonchev–Trinajstić information content (AvgIpc) is 2.71. The Morgan fingerprint density at radius 3 is 2.09 bits per heavy atom. The molecule has 0 saturated heterocycles. The second-order valence-corrected chi connectivity index (χ2v) is 12.1. The van der Waals surface area contributed by atoms with Gasteiger partial charge in [-0.2, -0.15) is 0 Å². The smallest absolute Gasteiger partial charge is 0.244 e. The molecule has 11 heteroatoms. The third kappa shape index (κ3) is 8.05. The fourth-order valence-electron chi connectivity index (χ4n) is 3.11. The molecule has 0 saturated carbocycles. The summed E-state index contributed by atoms with van der Waals surface area (Å²) in [4.78, 5) is 27.7. The third-order valence-electron chi connectivity index (χ3n) is 4.80. The monoisotopic (exact) mass is 547 g/mol. The first-order valence-electron chi connectivity index (χ1n) is 10.4. The summed E-state index contributed by atoms with van der Waals surface area (Å²) in [5.41, 5.74) is 0.392. The van der Waals surface area contributed by atoms with Crippen molar-refractivity contribution in [2.75, 3.05) is 17.1 Å². The van der Waals surface area contributed by atoms with Crippen molar-refractivity contribution < 1.29 is 18.0 Å². The number of carbonyl (C=O) groups is 2. The van der Waals surface area contributed by atoms with Gasteiger partial charge >= 0.3 is 0 Å². The number of carbonyl (C=O) groups excluding carboxylic acids is 2. The number of hydrogen-bond acceptors (Lipinski definition) is 4. The Bertz CT molecular complexity index is 1150. The maximum atomic E-state index is 13.5. The molecule has 0 radical (unpaired) electrons. The molecule has 186 valence electrons. The number of sulfonamides is 1. The fraction of sp³-hybridized carbons (Fsp3) is 0.391. The van der Waals surface area contributed by atoms with E-state index in [2.05, 4.69) is 5.32 Å². The number of nitrogens with one attached hydrogen (secondary N) is 1. The van der Waals surface area contributed by atoms with E-state index in [1.165, 1.54) is 29.2 Å². The summed E-state index contributed by atoms with van der Waals surface area (Å²) in [6.07, 6.45) is 1.01. The van der Waals surface area contributed by atoms with Crippen LogP contribution in [0.5, 0.6) is 0 Å². The van der Waals surface area contributed by atoms with Crippen molar-refractivity contribution in [2.45, 2.75) is 45.8 Å². The maximum Gasteiger partial charge on any atom is 0.244 e. The van der Waals surface area contributed by atoms with Gasteiger partial charge in [-0.25, -0.2) is 8.42 Å². The molecule has 0 spiro atoms. The van der Waals surface area contributed by atoms with Crippen molar-refractivity contribution in [3.05, 3.63) is 63.1 Å². The number of anilines is 1. The van der Waals surface area contributed by atoms with E-state index >= 15 is 0 Å². The lowest BCUT2D eigenvalue weighted by molar-refractivity contribution is -0.140. The van der Waals surface area contributed by atoms with Crippen LogP contribution in [0.1, 0.15) is 33.3 Å². The first kappa shape index (κ1) is 28.2. The Morgan fingerprint density at radius 1 is 1.00 bits per heavy atom. The second kappa shape index (κ2) is 11.2. The largest absolute Gasteiger partial charge is 0.350 e. The lowest BCUT2D eigenvalue weighted by Gasteiger charge is -2.33. The van der Waals surface area contributed by atoms with E-state index < -0.39 is 34.1 Å². The molecule has 2 amide bonds. The van der Waals surface area contributed by atoms with Crippen molar-refractivity contribution in [1.82, 2.24) is 10.2 Å². The van der Waals surface area contributed by atoms with E-state index in [1.54, 1.807) is 25.1 Å². The molecule has 7 nitrogen and oxygen atoms in total. The number of halogens is 3. The minimum absolute atomic E-state index is 0.0205. The molecule has 2 aromatic carbocycles. The Balaban J connectivity index is 2.42. The summed E-state index contributed by atoms with van der Waals surface area (Å²) in [5, 5.41) is 3.94. The van der Waals surface area contributed by atoms with Gasteiger partial charge in [-0.15, -0.1) is 0 Å². The average molecular weight is 549 g/mol. The minimum atomic E-state index is -3.82. The molecule has 0 fully saturated rings. The first-order valence-corrected chi connectivity index (χ1v) is 13.4. The summed E-state index contributed by atoms with van der Waals surface area (Å²) >= 11 is 18.1. The zero-order chi connectivity index (χ0) is 25.8. The highest BCUT2D eigenvalue weighted by molar-refractivity contribution is 7.92. The molecule has 0 aliphatic carbocycles. The zero-order valence-corrected chi connectivity index (χ0v) is 22.7. The summed E-state index contributed by atoms with van der Waals surface area (Å²) < 4.78 is 26.0. The van der Waals surface area contributed by atoms with Crippen LogP contribution in [0.3, 0.4) is 0 Å². The SMILES string of the molecule is C[C@@H](C(=O)NC(C)(C)C)N(Cc1ccc(Cl)c(Cl)c1)C(=O)CN(c1ccc(Cl)cc1)S(C)(=O)=O. The van der Waals surface area contributed by atoms with Crippen LogP contribution in [0.25, 0.3) is 0 Å². The molecule has 0 aliphatic heterocycles. The van der Waals surface area contributed by atoms with Gasteiger partial charge in [-0.1, -0.05) is 40.9 Å². The minimum Gasteiger partial charge on any atom is -0.350 e. The van der Waals surface area contributed by atoms with Crippen LogP contribution in [0.15, 0.2) is 42.5 Å². The molecule has 34 heavy (non-hydrogen) atoms. The number of benzene rings is 2. The first-order chi connectivity index (χ1) is 15.6. The summed E-state index contributed by atoms with van der Waals surface area (Å²) in [6.45, 7) is 6.59. The number of nitrogens with zero attached hydrogens (tertiary/aromatic N) is 2. The van der Waals surface area contributed by atoms with E-state index in [0.717, 1.165) is 10.6 Å². The molecule has 1 atom stereocenters. The molecule has 2 aromatic rings. The maximum absolute atomic E-state index is 13.5. The molecule has 2 rings (SSSR count). The fourth-order valence-corrected chi connectivity index (χ4v) is 4.41. The lowest BCUT2D eigenvalue weighted by atomic mass is 10.1. The van der Waals surface area contributed by atoms with Gasteiger partial charge in [0.1, 0.15) is 12.6 Å². The van der Waals surface area contributed by atoms with Crippen molar-refractivity contribution in [3.8, 4) is 0 Å².